The molecule has 0 bridgehead atoms. The Labute approximate surface area is 178 Å². The predicted octanol–water partition coefficient (Wildman–Crippen LogP) is 2.60. The van der Waals surface area contributed by atoms with E-state index in [4.69, 9.17) is 4.74 Å². The van der Waals surface area contributed by atoms with E-state index < -0.39 is 0 Å². The molecule has 1 heterocycles. The molecule has 0 unspecified atom stereocenters. The fraction of sp³-hybridized carbons (Fsp3) is 0.500. The van der Waals surface area contributed by atoms with Crippen molar-refractivity contribution >= 4 is 41.4 Å². The minimum absolute atomic E-state index is 0. The number of likely N-dealkylation sites (N-methyl/N-ethyl adjacent to an activating group) is 1. The molecule has 3 rings (SSSR count). The SMILES string of the molecule is COc1cccc(C2=CCN(C(=NCC(=O)N(C)C)NC3CC3)CC2)c1.I. The van der Waals surface area contributed by atoms with Gasteiger partial charge in [-0.15, -0.1) is 24.0 Å². The lowest BCUT2D eigenvalue weighted by atomic mass is 9.99. The third kappa shape index (κ3) is 6.12. The molecule has 1 amide bonds. The van der Waals surface area contributed by atoms with E-state index in [1.165, 1.54) is 24.0 Å². The van der Waals surface area contributed by atoms with E-state index in [9.17, 15) is 4.79 Å². The highest BCUT2D eigenvalue weighted by atomic mass is 127. The number of carbonyl (C=O) groups excluding carboxylic acids is 1. The summed E-state index contributed by atoms with van der Waals surface area (Å²) >= 11 is 0. The Bertz CT molecular complexity index is 714. The lowest BCUT2D eigenvalue weighted by molar-refractivity contribution is -0.127. The van der Waals surface area contributed by atoms with Crippen LogP contribution in [0.15, 0.2) is 35.3 Å². The summed E-state index contributed by atoms with van der Waals surface area (Å²) in [7, 11) is 5.21. The van der Waals surface area contributed by atoms with Gasteiger partial charge in [0.1, 0.15) is 12.3 Å². The first-order valence-corrected chi connectivity index (χ1v) is 9.16. The zero-order valence-corrected chi connectivity index (χ0v) is 18.6. The van der Waals surface area contributed by atoms with Crippen LogP contribution in [0.4, 0.5) is 0 Å². The van der Waals surface area contributed by atoms with Crippen LogP contribution >= 0.6 is 24.0 Å². The maximum atomic E-state index is 11.9. The summed E-state index contributed by atoms with van der Waals surface area (Å²) in [4.78, 5) is 20.2. The summed E-state index contributed by atoms with van der Waals surface area (Å²) in [5.74, 6) is 1.75. The van der Waals surface area contributed by atoms with Crippen molar-refractivity contribution in [3.05, 3.63) is 35.9 Å². The molecule has 1 aromatic carbocycles. The average Bonchev–Trinajstić information content (AvgIpc) is 3.49. The molecule has 0 spiro atoms. The lowest BCUT2D eigenvalue weighted by Gasteiger charge is -2.30. The molecule has 0 atom stereocenters. The van der Waals surface area contributed by atoms with Crippen LogP contribution in [0.25, 0.3) is 5.57 Å². The van der Waals surface area contributed by atoms with E-state index in [2.05, 4.69) is 33.4 Å². The van der Waals surface area contributed by atoms with E-state index >= 15 is 0 Å². The monoisotopic (exact) mass is 484 g/mol. The van der Waals surface area contributed by atoms with Crippen LogP contribution in [0.3, 0.4) is 0 Å². The van der Waals surface area contributed by atoms with Crippen LogP contribution in [-0.4, -0.2) is 68.5 Å². The van der Waals surface area contributed by atoms with Crippen molar-refractivity contribution in [2.75, 3.05) is 40.8 Å². The number of halogens is 1. The van der Waals surface area contributed by atoms with Gasteiger partial charge in [0.15, 0.2) is 5.96 Å². The van der Waals surface area contributed by atoms with Crippen molar-refractivity contribution in [1.29, 1.82) is 0 Å². The number of benzene rings is 1. The number of amides is 1. The van der Waals surface area contributed by atoms with Gasteiger partial charge in [-0.05, 0) is 42.5 Å². The van der Waals surface area contributed by atoms with E-state index in [1.54, 1.807) is 26.1 Å². The summed E-state index contributed by atoms with van der Waals surface area (Å²) in [6.45, 7) is 1.87. The Morgan fingerprint density at radius 3 is 2.74 bits per heavy atom. The molecule has 6 nitrogen and oxygen atoms in total. The Balaban J connectivity index is 0.00000261. The molecule has 1 aliphatic carbocycles. The van der Waals surface area contributed by atoms with Gasteiger partial charge in [-0.25, -0.2) is 4.99 Å². The van der Waals surface area contributed by atoms with Crippen LogP contribution in [0.5, 0.6) is 5.75 Å². The van der Waals surface area contributed by atoms with Crippen LogP contribution in [0.1, 0.15) is 24.8 Å². The van der Waals surface area contributed by atoms with Gasteiger partial charge in [-0.1, -0.05) is 18.2 Å². The summed E-state index contributed by atoms with van der Waals surface area (Å²) < 4.78 is 5.33. The quantitative estimate of drug-likeness (QED) is 0.397. The minimum Gasteiger partial charge on any atom is -0.497 e. The molecular formula is C20H29IN4O2. The highest BCUT2D eigenvalue weighted by molar-refractivity contribution is 14.0. The van der Waals surface area contributed by atoms with E-state index in [0.717, 1.165) is 31.2 Å². The first-order valence-electron chi connectivity index (χ1n) is 9.16. The van der Waals surface area contributed by atoms with Gasteiger partial charge in [0.05, 0.1) is 7.11 Å². The van der Waals surface area contributed by atoms with E-state index in [1.807, 2.05) is 12.1 Å². The number of ether oxygens (including phenoxy) is 1. The van der Waals surface area contributed by atoms with Crippen LogP contribution < -0.4 is 10.1 Å². The van der Waals surface area contributed by atoms with Crippen molar-refractivity contribution in [1.82, 2.24) is 15.1 Å². The van der Waals surface area contributed by atoms with E-state index in [-0.39, 0.29) is 36.4 Å². The van der Waals surface area contributed by atoms with Crippen molar-refractivity contribution in [3.8, 4) is 5.75 Å². The second-order valence-electron chi connectivity index (χ2n) is 7.00. The number of methoxy groups -OCH3 is 1. The van der Waals surface area contributed by atoms with Gasteiger partial charge in [-0.2, -0.15) is 0 Å². The second-order valence-corrected chi connectivity index (χ2v) is 7.00. The molecule has 7 heteroatoms. The molecule has 1 N–H and O–H groups in total. The Morgan fingerprint density at radius 1 is 1.37 bits per heavy atom. The molecule has 0 radical (unpaired) electrons. The summed E-state index contributed by atoms with van der Waals surface area (Å²) in [5.41, 5.74) is 2.54. The third-order valence-corrected chi connectivity index (χ3v) is 4.72. The number of nitrogens with one attached hydrogen (secondary N) is 1. The minimum atomic E-state index is 0. The average molecular weight is 484 g/mol. The van der Waals surface area contributed by atoms with Gasteiger partial charge in [0.25, 0.3) is 0 Å². The first kappa shape index (κ1) is 21.5. The molecule has 1 aromatic rings. The van der Waals surface area contributed by atoms with Gasteiger partial charge < -0.3 is 19.9 Å². The van der Waals surface area contributed by atoms with Gasteiger partial charge in [-0.3, -0.25) is 4.79 Å². The lowest BCUT2D eigenvalue weighted by Crippen LogP contribution is -2.45. The summed E-state index contributed by atoms with van der Waals surface area (Å²) in [5, 5.41) is 3.48. The Hall–Kier alpha value is -1.77. The number of rotatable bonds is 5. The first-order chi connectivity index (χ1) is 12.6. The highest BCUT2D eigenvalue weighted by Crippen LogP contribution is 2.26. The smallest absolute Gasteiger partial charge is 0.243 e. The number of aliphatic imine (C=N–C) groups is 1. The van der Waals surface area contributed by atoms with Crippen LogP contribution in [0, 0.1) is 0 Å². The van der Waals surface area contributed by atoms with Gasteiger partial charge in [0.2, 0.25) is 5.91 Å². The molecule has 27 heavy (non-hydrogen) atoms. The Morgan fingerprint density at radius 2 is 2.15 bits per heavy atom. The Kier molecular flexibility index (Phi) is 7.94. The molecule has 148 valence electrons. The van der Waals surface area contributed by atoms with Crippen molar-refractivity contribution in [2.24, 2.45) is 4.99 Å². The summed E-state index contributed by atoms with van der Waals surface area (Å²) in [6.07, 6.45) is 5.55. The van der Waals surface area contributed by atoms with Crippen molar-refractivity contribution < 1.29 is 9.53 Å². The zero-order chi connectivity index (χ0) is 18.5. The number of hydrogen-bond acceptors (Lipinski definition) is 3. The number of nitrogens with zero attached hydrogens (tertiary/aromatic N) is 3. The molecule has 2 aliphatic rings. The van der Waals surface area contributed by atoms with Gasteiger partial charge >= 0.3 is 0 Å². The molecule has 1 saturated carbocycles. The normalized spacial score (nSPS) is 16.9. The molecular weight excluding hydrogens is 455 g/mol. The third-order valence-electron chi connectivity index (χ3n) is 4.72. The van der Waals surface area contributed by atoms with Crippen LogP contribution in [0.2, 0.25) is 0 Å². The molecule has 1 aliphatic heterocycles. The number of hydrogen-bond donors (Lipinski definition) is 1. The van der Waals surface area contributed by atoms with Crippen molar-refractivity contribution in [2.45, 2.75) is 25.3 Å². The fourth-order valence-electron chi connectivity index (χ4n) is 2.88. The molecule has 0 aromatic heterocycles. The predicted molar refractivity (Wildman–Crippen MR) is 120 cm³/mol. The fourth-order valence-corrected chi connectivity index (χ4v) is 2.88. The second kappa shape index (κ2) is 9.96. The number of guanidine groups is 1. The van der Waals surface area contributed by atoms with E-state index in [0.29, 0.717) is 6.04 Å². The van der Waals surface area contributed by atoms with Crippen molar-refractivity contribution in [3.63, 3.8) is 0 Å². The molecule has 1 fully saturated rings. The zero-order valence-electron chi connectivity index (χ0n) is 16.3. The maximum Gasteiger partial charge on any atom is 0.243 e. The largest absolute Gasteiger partial charge is 0.497 e. The van der Waals surface area contributed by atoms with Gasteiger partial charge in [0, 0.05) is 33.2 Å². The number of carbonyl (C=O) groups is 1. The standard InChI is InChI=1S/C20H28N4O2.HI/c1-23(2)19(25)14-21-20(22-17-7-8-17)24-11-9-15(10-12-24)16-5-4-6-18(13-16)26-3;/h4-6,9,13,17H,7-8,10-12,14H2,1-3H3,(H,21,22);1H. The topological polar surface area (TPSA) is 57.2 Å². The van der Waals surface area contributed by atoms with Crippen LogP contribution in [-0.2, 0) is 4.79 Å². The maximum absolute atomic E-state index is 11.9. The summed E-state index contributed by atoms with van der Waals surface area (Å²) in [6, 6.07) is 8.69. The molecule has 0 saturated heterocycles. The highest BCUT2D eigenvalue weighted by Gasteiger charge is 2.26.